The van der Waals surface area contributed by atoms with Crippen molar-refractivity contribution < 1.29 is 4.79 Å². The van der Waals surface area contributed by atoms with E-state index in [9.17, 15) is 4.79 Å². The van der Waals surface area contributed by atoms with E-state index in [1.807, 2.05) is 18.2 Å². The van der Waals surface area contributed by atoms with Gasteiger partial charge in [-0.2, -0.15) is 0 Å². The van der Waals surface area contributed by atoms with Crippen molar-refractivity contribution in [3.8, 4) is 0 Å². The molecule has 1 atom stereocenters. The number of imidazole rings is 1. The number of hydrogen-bond donors (Lipinski definition) is 3. The number of hydrogen-bond acceptors (Lipinski definition) is 3. The normalized spacial score (nSPS) is 23.4. The number of amides is 1. The van der Waals surface area contributed by atoms with Crippen molar-refractivity contribution in [2.24, 2.45) is 0 Å². The summed E-state index contributed by atoms with van der Waals surface area (Å²) in [4.78, 5) is 18.6. The minimum Gasteiger partial charge on any atom is -0.340 e. The van der Waals surface area contributed by atoms with Gasteiger partial charge in [0.15, 0.2) is 0 Å². The van der Waals surface area contributed by atoms with Crippen LogP contribution in [0.4, 0.5) is 5.69 Å². The van der Waals surface area contributed by atoms with Crippen molar-refractivity contribution in [1.29, 1.82) is 0 Å². The first-order chi connectivity index (χ1) is 8.73. The van der Waals surface area contributed by atoms with Gasteiger partial charge in [-0.25, -0.2) is 4.98 Å². The van der Waals surface area contributed by atoms with Crippen molar-refractivity contribution in [2.75, 3.05) is 11.9 Å². The van der Waals surface area contributed by atoms with Crippen LogP contribution in [0.1, 0.15) is 25.6 Å². The Hall–Kier alpha value is -1.88. The van der Waals surface area contributed by atoms with E-state index < -0.39 is 0 Å². The summed E-state index contributed by atoms with van der Waals surface area (Å²) in [5.41, 5.74) is 2.42. The summed E-state index contributed by atoms with van der Waals surface area (Å²) in [6.07, 6.45) is 2.91. The van der Waals surface area contributed by atoms with E-state index >= 15 is 0 Å². The summed E-state index contributed by atoms with van der Waals surface area (Å²) >= 11 is 0. The largest absolute Gasteiger partial charge is 0.340 e. The first kappa shape index (κ1) is 11.2. The topological polar surface area (TPSA) is 69.8 Å². The van der Waals surface area contributed by atoms with Gasteiger partial charge in [-0.15, -0.1) is 0 Å². The molecule has 1 aromatic carbocycles. The molecule has 5 nitrogen and oxygen atoms in total. The van der Waals surface area contributed by atoms with Crippen LogP contribution in [-0.2, 0) is 10.3 Å². The molecule has 1 aliphatic heterocycles. The van der Waals surface area contributed by atoms with Crippen molar-refractivity contribution >= 4 is 23.1 Å². The lowest BCUT2D eigenvalue weighted by molar-refractivity contribution is -0.105. The number of anilines is 1. The highest BCUT2D eigenvalue weighted by Crippen LogP contribution is 2.31. The summed E-state index contributed by atoms with van der Waals surface area (Å²) in [7, 11) is 0. The Balaban J connectivity index is 2.10. The Morgan fingerprint density at radius 2 is 2.39 bits per heavy atom. The lowest BCUT2D eigenvalue weighted by Crippen LogP contribution is -2.34. The molecular formula is C13H16N4O. The molecule has 2 aromatic rings. The molecule has 1 fully saturated rings. The van der Waals surface area contributed by atoms with Crippen LogP contribution in [0.5, 0.6) is 0 Å². The maximum atomic E-state index is 10.6. The zero-order chi connectivity index (χ0) is 12.6. The summed E-state index contributed by atoms with van der Waals surface area (Å²) in [6, 6.07) is 5.73. The second-order valence-corrected chi connectivity index (χ2v) is 4.91. The highest BCUT2D eigenvalue weighted by atomic mass is 16.1. The van der Waals surface area contributed by atoms with E-state index in [0.29, 0.717) is 6.41 Å². The fourth-order valence-corrected chi connectivity index (χ4v) is 2.57. The molecule has 3 N–H and O–H groups in total. The third-order valence-corrected chi connectivity index (χ3v) is 3.62. The molecule has 18 heavy (non-hydrogen) atoms. The van der Waals surface area contributed by atoms with E-state index in [4.69, 9.17) is 0 Å². The Kier molecular flexibility index (Phi) is 2.56. The van der Waals surface area contributed by atoms with E-state index in [2.05, 4.69) is 27.5 Å². The number of aromatic amines is 1. The van der Waals surface area contributed by atoms with Crippen LogP contribution in [0.15, 0.2) is 18.2 Å². The van der Waals surface area contributed by atoms with Crippen LogP contribution in [0.3, 0.4) is 0 Å². The lowest BCUT2D eigenvalue weighted by Gasteiger charge is -2.21. The van der Waals surface area contributed by atoms with Crippen molar-refractivity contribution in [3.05, 3.63) is 24.0 Å². The maximum absolute atomic E-state index is 10.6. The van der Waals surface area contributed by atoms with E-state index in [1.165, 1.54) is 0 Å². The zero-order valence-electron chi connectivity index (χ0n) is 10.3. The minimum absolute atomic E-state index is 0.0858. The third kappa shape index (κ3) is 1.67. The van der Waals surface area contributed by atoms with Crippen LogP contribution in [0, 0.1) is 0 Å². The Labute approximate surface area is 105 Å². The molecular weight excluding hydrogens is 228 g/mol. The van der Waals surface area contributed by atoms with Crippen molar-refractivity contribution in [1.82, 2.24) is 15.3 Å². The van der Waals surface area contributed by atoms with E-state index in [1.54, 1.807) is 0 Å². The van der Waals surface area contributed by atoms with Crippen molar-refractivity contribution in [3.63, 3.8) is 0 Å². The standard InChI is InChI=1S/C13H16N4O/c1-13(6-3-7-15-13)12-16-10-5-2-4-9(14-8-18)11(10)17-12/h2,4-5,8,15H,3,6-7H2,1H3,(H,14,18)(H,16,17)/t13-/m1/s1. The molecule has 1 amide bonds. The molecule has 0 aliphatic carbocycles. The van der Waals surface area contributed by atoms with Gasteiger partial charge in [-0.3, -0.25) is 4.79 Å². The highest BCUT2D eigenvalue weighted by molar-refractivity contribution is 5.92. The zero-order valence-corrected chi connectivity index (χ0v) is 10.3. The average molecular weight is 244 g/mol. The Morgan fingerprint density at radius 3 is 3.11 bits per heavy atom. The van der Waals surface area contributed by atoms with Gasteiger partial charge in [-0.05, 0) is 38.4 Å². The van der Waals surface area contributed by atoms with Crippen LogP contribution in [-0.4, -0.2) is 22.9 Å². The summed E-state index contributed by atoms with van der Waals surface area (Å²) < 4.78 is 0. The predicted molar refractivity (Wildman–Crippen MR) is 70.4 cm³/mol. The summed E-state index contributed by atoms with van der Waals surface area (Å²) in [5.74, 6) is 0.940. The summed E-state index contributed by atoms with van der Waals surface area (Å²) in [5, 5.41) is 6.16. The molecule has 2 heterocycles. The Bertz CT molecular complexity index is 584. The van der Waals surface area contributed by atoms with E-state index in [-0.39, 0.29) is 5.54 Å². The number of nitrogens with zero attached hydrogens (tertiary/aromatic N) is 1. The van der Waals surface area contributed by atoms with Crippen LogP contribution >= 0.6 is 0 Å². The lowest BCUT2D eigenvalue weighted by atomic mass is 10.00. The van der Waals surface area contributed by atoms with Gasteiger partial charge in [-0.1, -0.05) is 6.07 Å². The van der Waals surface area contributed by atoms with Crippen molar-refractivity contribution in [2.45, 2.75) is 25.3 Å². The number of rotatable bonds is 3. The van der Waals surface area contributed by atoms with Crippen LogP contribution < -0.4 is 10.6 Å². The molecule has 3 rings (SSSR count). The SMILES string of the molecule is C[C@]1(c2nc3c(NC=O)cccc3[nH]2)CCCN1. The van der Waals surface area contributed by atoms with Gasteiger partial charge < -0.3 is 15.6 Å². The molecule has 0 bridgehead atoms. The number of carbonyl (C=O) groups excluding carboxylic acids is 1. The van der Waals surface area contributed by atoms with Gasteiger partial charge in [0.05, 0.1) is 16.7 Å². The summed E-state index contributed by atoms with van der Waals surface area (Å²) in [6.45, 7) is 3.18. The average Bonchev–Trinajstić information content (AvgIpc) is 2.97. The molecule has 5 heteroatoms. The molecule has 0 spiro atoms. The smallest absolute Gasteiger partial charge is 0.211 e. The fourth-order valence-electron chi connectivity index (χ4n) is 2.57. The number of para-hydroxylation sites is 1. The minimum atomic E-state index is -0.0858. The van der Waals surface area contributed by atoms with E-state index in [0.717, 1.165) is 41.9 Å². The maximum Gasteiger partial charge on any atom is 0.211 e. The third-order valence-electron chi connectivity index (χ3n) is 3.62. The first-order valence-electron chi connectivity index (χ1n) is 6.17. The van der Waals surface area contributed by atoms with Gasteiger partial charge in [0, 0.05) is 0 Å². The number of carbonyl (C=O) groups is 1. The van der Waals surface area contributed by atoms with Gasteiger partial charge in [0.25, 0.3) is 0 Å². The molecule has 1 aromatic heterocycles. The molecule has 0 radical (unpaired) electrons. The fraction of sp³-hybridized carbons (Fsp3) is 0.385. The second kappa shape index (κ2) is 4.10. The molecule has 94 valence electrons. The Morgan fingerprint density at radius 1 is 1.50 bits per heavy atom. The first-order valence-corrected chi connectivity index (χ1v) is 6.17. The molecule has 0 saturated carbocycles. The van der Waals surface area contributed by atoms with Crippen LogP contribution in [0.2, 0.25) is 0 Å². The number of nitrogens with one attached hydrogen (secondary N) is 3. The van der Waals surface area contributed by atoms with Gasteiger partial charge in [0.2, 0.25) is 6.41 Å². The van der Waals surface area contributed by atoms with Gasteiger partial charge in [0.1, 0.15) is 11.3 Å². The second-order valence-electron chi connectivity index (χ2n) is 4.91. The molecule has 0 unspecified atom stereocenters. The number of fused-ring (bicyclic) bond motifs is 1. The monoisotopic (exact) mass is 244 g/mol. The number of H-pyrrole nitrogens is 1. The predicted octanol–water partition coefficient (Wildman–Crippen LogP) is 1.73. The highest BCUT2D eigenvalue weighted by Gasteiger charge is 2.33. The quantitative estimate of drug-likeness (QED) is 0.720. The number of aromatic nitrogens is 2. The van der Waals surface area contributed by atoms with Gasteiger partial charge >= 0.3 is 0 Å². The molecule has 1 aliphatic rings. The molecule has 1 saturated heterocycles. The number of benzene rings is 1. The van der Waals surface area contributed by atoms with Crippen LogP contribution in [0.25, 0.3) is 11.0 Å².